The lowest BCUT2D eigenvalue weighted by Crippen LogP contribution is -2.53. The highest BCUT2D eigenvalue weighted by molar-refractivity contribution is 6.30. The van der Waals surface area contributed by atoms with Gasteiger partial charge in [0.05, 0.1) is 18.2 Å². The first kappa shape index (κ1) is 17.0. The van der Waals surface area contributed by atoms with Crippen molar-refractivity contribution in [1.82, 2.24) is 10.2 Å². The second kappa shape index (κ2) is 6.78. The Morgan fingerprint density at radius 1 is 1.64 bits per heavy atom. The highest BCUT2D eigenvalue weighted by Crippen LogP contribution is 2.34. The number of aliphatic hydroxyl groups is 1. The first-order valence-electron chi connectivity index (χ1n) is 6.79. The Morgan fingerprint density at radius 3 is 2.95 bits per heavy atom. The van der Waals surface area contributed by atoms with Crippen molar-refractivity contribution in [1.29, 1.82) is 0 Å². The van der Waals surface area contributed by atoms with Crippen LogP contribution in [-0.2, 0) is 4.74 Å². The van der Waals surface area contributed by atoms with Gasteiger partial charge in [0.2, 0.25) is 0 Å². The molecule has 1 aromatic carbocycles. The molecule has 122 valence electrons. The van der Waals surface area contributed by atoms with Crippen LogP contribution in [-0.4, -0.2) is 60.1 Å². The van der Waals surface area contributed by atoms with Crippen molar-refractivity contribution in [2.45, 2.75) is 11.7 Å². The predicted octanol–water partition coefficient (Wildman–Crippen LogP) is 1.48. The summed E-state index contributed by atoms with van der Waals surface area (Å²) in [6, 6.07) is 4.15. The van der Waals surface area contributed by atoms with Gasteiger partial charge >= 0.3 is 6.09 Å². The number of amides is 1. The number of benzene rings is 1. The minimum Gasteiger partial charge on any atom is -0.465 e. The molecule has 1 fully saturated rings. The average Bonchev–Trinajstić information content (AvgIpc) is 2.62. The van der Waals surface area contributed by atoms with E-state index in [0.29, 0.717) is 5.56 Å². The van der Waals surface area contributed by atoms with Crippen LogP contribution in [0.25, 0.3) is 0 Å². The molecular formula is C14H18ClFN2O4. The van der Waals surface area contributed by atoms with Gasteiger partial charge in [0.15, 0.2) is 0 Å². The van der Waals surface area contributed by atoms with Gasteiger partial charge in [-0.1, -0.05) is 17.7 Å². The molecule has 0 radical (unpaired) electrons. The van der Waals surface area contributed by atoms with Gasteiger partial charge in [0.25, 0.3) is 0 Å². The average molecular weight is 333 g/mol. The van der Waals surface area contributed by atoms with E-state index in [1.807, 2.05) is 0 Å². The van der Waals surface area contributed by atoms with Gasteiger partial charge in [-0.15, -0.1) is 0 Å². The topological polar surface area (TPSA) is 82.0 Å². The predicted molar refractivity (Wildman–Crippen MR) is 78.6 cm³/mol. The van der Waals surface area contributed by atoms with E-state index in [9.17, 15) is 14.3 Å². The van der Waals surface area contributed by atoms with Crippen molar-refractivity contribution in [2.75, 3.05) is 33.3 Å². The molecule has 1 saturated heterocycles. The Kier molecular flexibility index (Phi) is 5.23. The largest absolute Gasteiger partial charge is 0.465 e. The number of ether oxygens (including phenoxy) is 1. The number of likely N-dealkylation sites (N-methyl/N-ethyl adjacent to an activating group) is 1. The number of carbonyl (C=O) groups is 1. The third-order valence-electron chi connectivity index (χ3n) is 3.60. The van der Waals surface area contributed by atoms with E-state index in [-0.39, 0.29) is 31.3 Å². The molecule has 0 saturated carbocycles. The zero-order valence-corrected chi connectivity index (χ0v) is 12.8. The summed E-state index contributed by atoms with van der Waals surface area (Å²) < 4.78 is 19.3. The standard InChI is InChI=1S/C14H18ClFN2O4/c1-17-7-14(21)8-18(13(19)20)4-5-22-12(14)9-2-3-10(15)11(16)6-9/h2-3,6,12,17,21H,4-5,7-8H2,1H3,(H,19,20). The van der Waals surface area contributed by atoms with Gasteiger partial charge in [-0.3, -0.25) is 0 Å². The first-order chi connectivity index (χ1) is 10.4. The summed E-state index contributed by atoms with van der Waals surface area (Å²) in [5, 5.41) is 22.9. The molecule has 1 amide bonds. The van der Waals surface area contributed by atoms with E-state index in [1.54, 1.807) is 13.1 Å². The summed E-state index contributed by atoms with van der Waals surface area (Å²) in [5.41, 5.74) is -1.11. The molecule has 1 heterocycles. The number of nitrogens with one attached hydrogen (secondary N) is 1. The third kappa shape index (κ3) is 3.49. The van der Waals surface area contributed by atoms with Crippen LogP contribution in [0.2, 0.25) is 5.02 Å². The van der Waals surface area contributed by atoms with Crippen molar-refractivity contribution >= 4 is 17.7 Å². The minimum atomic E-state index is -1.52. The van der Waals surface area contributed by atoms with Crippen molar-refractivity contribution in [2.24, 2.45) is 0 Å². The maximum atomic E-state index is 13.7. The molecule has 8 heteroatoms. The van der Waals surface area contributed by atoms with Crippen molar-refractivity contribution in [3.8, 4) is 0 Å². The van der Waals surface area contributed by atoms with Crippen LogP contribution in [0.4, 0.5) is 9.18 Å². The van der Waals surface area contributed by atoms with E-state index in [2.05, 4.69) is 5.32 Å². The molecule has 1 aromatic rings. The molecule has 2 atom stereocenters. The van der Waals surface area contributed by atoms with Gasteiger partial charge in [-0.05, 0) is 24.7 Å². The Bertz CT molecular complexity index is 560. The van der Waals surface area contributed by atoms with Crippen molar-refractivity contribution in [3.05, 3.63) is 34.6 Å². The molecule has 0 aliphatic carbocycles. The second-order valence-corrected chi connectivity index (χ2v) is 5.67. The summed E-state index contributed by atoms with van der Waals surface area (Å²) in [6.07, 6.45) is -2.00. The van der Waals surface area contributed by atoms with Crippen LogP contribution in [0.1, 0.15) is 11.7 Å². The van der Waals surface area contributed by atoms with Crippen LogP contribution in [0.15, 0.2) is 18.2 Å². The van der Waals surface area contributed by atoms with E-state index in [4.69, 9.17) is 21.4 Å². The maximum absolute atomic E-state index is 13.7. The number of hydrogen-bond acceptors (Lipinski definition) is 4. The van der Waals surface area contributed by atoms with E-state index in [0.717, 1.165) is 4.90 Å². The van der Waals surface area contributed by atoms with E-state index < -0.39 is 23.6 Å². The Balaban J connectivity index is 2.37. The molecule has 3 N–H and O–H groups in total. The summed E-state index contributed by atoms with van der Waals surface area (Å²) in [5.74, 6) is -0.617. The Hall–Kier alpha value is -1.41. The molecule has 22 heavy (non-hydrogen) atoms. The number of carboxylic acid groups (broad SMARTS) is 1. The molecule has 1 aliphatic rings. The van der Waals surface area contributed by atoms with Gasteiger partial charge in [-0.25, -0.2) is 9.18 Å². The summed E-state index contributed by atoms with van der Waals surface area (Å²) in [4.78, 5) is 12.3. The fourth-order valence-corrected chi connectivity index (χ4v) is 2.75. The molecule has 0 bridgehead atoms. The second-order valence-electron chi connectivity index (χ2n) is 5.26. The monoisotopic (exact) mass is 332 g/mol. The summed E-state index contributed by atoms with van der Waals surface area (Å²) in [6.45, 7) is 0.185. The third-order valence-corrected chi connectivity index (χ3v) is 3.90. The lowest BCUT2D eigenvalue weighted by molar-refractivity contribution is -0.0965. The van der Waals surface area contributed by atoms with Crippen LogP contribution in [0.3, 0.4) is 0 Å². The van der Waals surface area contributed by atoms with Gasteiger partial charge in [0, 0.05) is 13.1 Å². The SMILES string of the molecule is CNCC1(O)CN(C(=O)O)CCOC1c1ccc(Cl)c(F)c1. The Morgan fingerprint density at radius 2 is 2.36 bits per heavy atom. The first-order valence-corrected chi connectivity index (χ1v) is 7.16. The van der Waals surface area contributed by atoms with Gasteiger partial charge in [0.1, 0.15) is 17.5 Å². The highest BCUT2D eigenvalue weighted by atomic mass is 35.5. The molecule has 2 unspecified atom stereocenters. The molecule has 0 spiro atoms. The lowest BCUT2D eigenvalue weighted by Gasteiger charge is -2.35. The summed E-state index contributed by atoms with van der Waals surface area (Å²) in [7, 11) is 1.63. The quantitative estimate of drug-likeness (QED) is 0.781. The van der Waals surface area contributed by atoms with Gasteiger partial charge < -0.3 is 25.2 Å². The molecular weight excluding hydrogens is 315 g/mol. The van der Waals surface area contributed by atoms with Crippen molar-refractivity contribution < 1.29 is 24.1 Å². The zero-order chi connectivity index (χ0) is 16.3. The van der Waals surface area contributed by atoms with Crippen LogP contribution < -0.4 is 5.32 Å². The normalized spacial score (nSPS) is 25.8. The number of hydrogen-bond donors (Lipinski definition) is 3. The highest BCUT2D eigenvalue weighted by Gasteiger charge is 2.43. The number of halogens is 2. The lowest BCUT2D eigenvalue weighted by atomic mass is 9.90. The summed E-state index contributed by atoms with van der Waals surface area (Å²) >= 11 is 5.67. The van der Waals surface area contributed by atoms with Gasteiger partial charge in [-0.2, -0.15) is 0 Å². The van der Waals surface area contributed by atoms with Crippen LogP contribution in [0.5, 0.6) is 0 Å². The maximum Gasteiger partial charge on any atom is 0.407 e. The fraction of sp³-hybridized carbons (Fsp3) is 0.500. The van der Waals surface area contributed by atoms with Crippen LogP contribution in [0, 0.1) is 5.82 Å². The smallest absolute Gasteiger partial charge is 0.407 e. The van der Waals surface area contributed by atoms with E-state index in [1.165, 1.54) is 12.1 Å². The number of β-amino-alcohol motifs (C(OH)–C–C–N with tert-alkyl or cyclic N) is 1. The van der Waals surface area contributed by atoms with Crippen LogP contribution >= 0.6 is 11.6 Å². The molecule has 1 aliphatic heterocycles. The minimum absolute atomic E-state index is 0.0262. The number of nitrogens with zero attached hydrogens (tertiary/aromatic N) is 1. The molecule has 6 nitrogen and oxygen atoms in total. The Labute approximate surface area is 132 Å². The fourth-order valence-electron chi connectivity index (χ4n) is 2.63. The zero-order valence-electron chi connectivity index (χ0n) is 12.1. The molecule has 2 rings (SSSR count). The molecule has 0 aromatic heterocycles. The van der Waals surface area contributed by atoms with Crippen molar-refractivity contribution in [3.63, 3.8) is 0 Å². The van der Waals surface area contributed by atoms with E-state index >= 15 is 0 Å². The number of rotatable bonds is 3.